The van der Waals surface area contributed by atoms with E-state index in [1.807, 2.05) is 0 Å². The Kier molecular flexibility index (Phi) is 3.01. The first-order valence-corrected chi connectivity index (χ1v) is 6.54. The van der Waals surface area contributed by atoms with Gasteiger partial charge in [0, 0.05) is 0 Å². The van der Waals surface area contributed by atoms with Gasteiger partial charge in [0.05, 0.1) is 0 Å². The van der Waals surface area contributed by atoms with E-state index in [1.165, 1.54) is 49.7 Å². The lowest BCUT2D eigenvalue weighted by molar-refractivity contribution is 1.22. The fraction of sp³-hybridized carbons (Fsp3) is 0.389. The molecule has 0 N–H and O–H groups in total. The molecule has 0 heteroatoms. The third kappa shape index (κ3) is 1.51. The summed E-state index contributed by atoms with van der Waals surface area (Å²) in [6.45, 7) is 21.6. The molecule has 94 valence electrons. The maximum Gasteiger partial charge on any atom is -0.000606 e. The maximum atomic E-state index is 6.26. The molecule has 0 heterocycles. The molecule has 2 rings (SSSR count). The first-order valence-electron chi connectivity index (χ1n) is 6.54. The lowest BCUT2D eigenvalue weighted by Crippen LogP contribution is -2.01. The highest BCUT2D eigenvalue weighted by atomic mass is 14.2. The zero-order valence-corrected chi connectivity index (χ0v) is 12.6. The zero-order valence-electron chi connectivity index (χ0n) is 12.6. The van der Waals surface area contributed by atoms with E-state index in [0.29, 0.717) is 0 Å². The molecule has 0 saturated heterocycles. The van der Waals surface area contributed by atoms with Gasteiger partial charge in [-0.1, -0.05) is 0 Å². The second-order valence-electron chi connectivity index (χ2n) is 5.54. The van der Waals surface area contributed by atoms with E-state index < -0.39 is 0 Å². The summed E-state index contributed by atoms with van der Waals surface area (Å²) in [5, 5.41) is 2.76. The van der Waals surface area contributed by atoms with E-state index in [9.17, 15) is 0 Å². The van der Waals surface area contributed by atoms with E-state index in [1.54, 1.807) is 0 Å². The second-order valence-corrected chi connectivity index (χ2v) is 5.54. The molecule has 0 fully saturated rings. The molecule has 2 aromatic carbocycles. The molecule has 0 saturated carbocycles. The van der Waals surface area contributed by atoms with Crippen molar-refractivity contribution in [1.82, 2.24) is 0 Å². The number of rotatable bonds is 0. The highest BCUT2D eigenvalue weighted by Crippen LogP contribution is 2.36. The summed E-state index contributed by atoms with van der Waals surface area (Å²) in [7, 11) is 0. The third-order valence-corrected chi connectivity index (χ3v) is 4.81. The smallest absolute Gasteiger partial charge is 0.000606 e. The van der Waals surface area contributed by atoms with Crippen LogP contribution in [-0.2, 0) is 0 Å². The van der Waals surface area contributed by atoms with Crippen molar-refractivity contribution in [3.8, 4) is 0 Å². The Morgan fingerprint density at radius 2 is 0.778 bits per heavy atom. The number of hydrogen-bond acceptors (Lipinski definition) is 0. The Bertz CT molecular complexity index is 545. The Balaban J connectivity index is 3.22. The molecule has 0 aliphatic heterocycles. The molecule has 2 radical (unpaired) electrons. The van der Waals surface area contributed by atoms with Crippen molar-refractivity contribution in [3.05, 3.63) is 51.4 Å². The van der Waals surface area contributed by atoms with Crippen LogP contribution in [0.15, 0.2) is 0 Å². The standard InChI is InChI=1S/C18H22/c1-9-10(2)14(6)18-16(8)12(4)11(3)15(7)17(18)13(9)5/h1H,2-8H3. The first-order chi connectivity index (χ1) is 8.29. The van der Waals surface area contributed by atoms with Gasteiger partial charge in [0.1, 0.15) is 0 Å². The predicted molar refractivity (Wildman–Crippen MR) is 80.5 cm³/mol. The fourth-order valence-corrected chi connectivity index (χ4v) is 3.06. The molecule has 0 spiro atoms. The normalized spacial score (nSPS) is 11.3. The molecule has 0 aromatic heterocycles. The second kappa shape index (κ2) is 4.12. The van der Waals surface area contributed by atoms with Crippen LogP contribution in [-0.4, -0.2) is 0 Å². The SMILES string of the molecule is [CH]c1c(C)c(C)c2c(C)c(C)c(C)c(C)c2c1C. The van der Waals surface area contributed by atoms with Gasteiger partial charge in [0.2, 0.25) is 0 Å². The van der Waals surface area contributed by atoms with E-state index in [0.717, 1.165) is 5.56 Å². The minimum Gasteiger partial charge on any atom is -0.0444 e. The quantitative estimate of drug-likeness (QED) is 0.602. The Labute approximate surface area is 111 Å². The van der Waals surface area contributed by atoms with Crippen LogP contribution >= 0.6 is 0 Å². The van der Waals surface area contributed by atoms with E-state index in [2.05, 4.69) is 48.5 Å². The van der Waals surface area contributed by atoms with E-state index in [4.69, 9.17) is 6.92 Å². The molecule has 0 nitrogen and oxygen atoms in total. The topological polar surface area (TPSA) is 0 Å². The summed E-state index contributed by atoms with van der Waals surface area (Å²) in [5.74, 6) is 0. The zero-order chi connectivity index (χ0) is 13.8. The van der Waals surface area contributed by atoms with Crippen LogP contribution in [0.5, 0.6) is 0 Å². The van der Waals surface area contributed by atoms with Gasteiger partial charge >= 0.3 is 0 Å². The minimum absolute atomic E-state index is 0.950. The van der Waals surface area contributed by atoms with Gasteiger partial charge in [-0.05, 0) is 111 Å². The average Bonchev–Trinajstić information content (AvgIpc) is 2.35. The summed E-state index contributed by atoms with van der Waals surface area (Å²) in [6, 6.07) is 0. The largest absolute Gasteiger partial charge is 0.0444 e. The number of fused-ring (bicyclic) bond motifs is 1. The number of benzene rings is 2. The molecule has 0 aliphatic carbocycles. The summed E-state index contributed by atoms with van der Waals surface area (Å²) < 4.78 is 0. The molecule has 0 bridgehead atoms. The molecule has 2 aromatic rings. The summed E-state index contributed by atoms with van der Waals surface area (Å²) in [6.07, 6.45) is 0. The summed E-state index contributed by atoms with van der Waals surface area (Å²) in [4.78, 5) is 0. The Morgan fingerprint density at radius 1 is 0.444 bits per heavy atom. The van der Waals surface area contributed by atoms with Gasteiger partial charge in [-0.15, -0.1) is 0 Å². The summed E-state index contributed by atoms with van der Waals surface area (Å²) >= 11 is 0. The van der Waals surface area contributed by atoms with Crippen LogP contribution in [0.3, 0.4) is 0 Å². The van der Waals surface area contributed by atoms with Gasteiger partial charge in [0.25, 0.3) is 0 Å². The Morgan fingerprint density at radius 3 is 1.22 bits per heavy atom. The van der Waals surface area contributed by atoms with Gasteiger partial charge in [-0.3, -0.25) is 0 Å². The van der Waals surface area contributed by atoms with Crippen molar-refractivity contribution in [2.75, 3.05) is 0 Å². The molecular weight excluding hydrogens is 216 g/mol. The van der Waals surface area contributed by atoms with Gasteiger partial charge in [-0.2, -0.15) is 0 Å². The molecular formula is C18H22. The monoisotopic (exact) mass is 238 g/mol. The number of aryl methyl sites for hydroxylation is 4. The van der Waals surface area contributed by atoms with Crippen LogP contribution in [0.25, 0.3) is 10.8 Å². The van der Waals surface area contributed by atoms with Crippen LogP contribution < -0.4 is 0 Å². The third-order valence-electron chi connectivity index (χ3n) is 4.81. The minimum atomic E-state index is 0.950. The summed E-state index contributed by atoms with van der Waals surface area (Å²) in [5.41, 5.74) is 10.3. The maximum absolute atomic E-state index is 6.26. The highest BCUT2D eigenvalue weighted by molar-refractivity contribution is 5.97. The lowest BCUT2D eigenvalue weighted by atomic mass is 9.83. The Hall–Kier alpha value is -1.30. The lowest BCUT2D eigenvalue weighted by Gasteiger charge is -2.21. The van der Waals surface area contributed by atoms with Crippen molar-refractivity contribution in [2.24, 2.45) is 0 Å². The highest BCUT2D eigenvalue weighted by Gasteiger charge is 2.16. The van der Waals surface area contributed by atoms with Crippen molar-refractivity contribution in [2.45, 2.75) is 48.5 Å². The predicted octanol–water partition coefficient (Wildman–Crippen LogP) is 5.06. The van der Waals surface area contributed by atoms with Crippen LogP contribution in [0.4, 0.5) is 0 Å². The first kappa shape index (κ1) is 13.1. The van der Waals surface area contributed by atoms with Crippen LogP contribution in [0.1, 0.15) is 44.5 Å². The van der Waals surface area contributed by atoms with E-state index in [-0.39, 0.29) is 0 Å². The van der Waals surface area contributed by atoms with Crippen LogP contribution in [0, 0.1) is 55.4 Å². The van der Waals surface area contributed by atoms with Crippen molar-refractivity contribution in [1.29, 1.82) is 0 Å². The van der Waals surface area contributed by atoms with Crippen LogP contribution in [0.2, 0.25) is 0 Å². The molecule has 18 heavy (non-hydrogen) atoms. The molecule has 0 aliphatic rings. The molecule has 0 unspecified atom stereocenters. The molecule has 0 amide bonds. The van der Waals surface area contributed by atoms with E-state index >= 15 is 0 Å². The van der Waals surface area contributed by atoms with Crippen molar-refractivity contribution >= 4 is 10.8 Å². The number of hydrogen-bond donors (Lipinski definition) is 0. The van der Waals surface area contributed by atoms with Crippen molar-refractivity contribution in [3.63, 3.8) is 0 Å². The van der Waals surface area contributed by atoms with Gasteiger partial charge in [0.15, 0.2) is 0 Å². The van der Waals surface area contributed by atoms with Gasteiger partial charge < -0.3 is 0 Å². The fourth-order valence-electron chi connectivity index (χ4n) is 3.06. The van der Waals surface area contributed by atoms with Crippen molar-refractivity contribution < 1.29 is 0 Å². The average molecular weight is 238 g/mol. The van der Waals surface area contributed by atoms with Gasteiger partial charge in [-0.25, -0.2) is 0 Å². The molecule has 0 atom stereocenters.